The van der Waals surface area contributed by atoms with Crippen LogP contribution in [0.3, 0.4) is 0 Å². The van der Waals surface area contributed by atoms with E-state index in [2.05, 4.69) is 0 Å². The molecule has 18 heavy (non-hydrogen) atoms. The van der Waals surface area contributed by atoms with Crippen molar-refractivity contribution in [2.45, 2.75) is 24.6 Å². The minimum Gasteiger partial charge on any atom is -0.326 e. The molecule has 0 radical (unpaired) electrons. The fraction of sp³-hybridized carbons (Fsp3) is 0.400. The van der Waals surface area contributed by atoms with Crippen molar-refractivity contribution >= 4 is 0 Å². The van der Waals surface area contributed by atoms with Crippen LogP contribution in [0.4, 0.5) is 30.7 Å². The summed E-state index contributed by atoms with van der Waals surface area (Å²) in [5.41, 5.74) is 3.71. The van der Waals surface area contributed by atoms with Crippen molar-refractivity contribution < 1.29 is 30.7 Å². The zero-order valence-electron chi connectivity index (χ0n) is 8.74. The van der Waals surface area contributed by atoms with E-state index in [1.807, 2.05) is 0 Å². The average Bonchev–Trinajstić information content (AvgIpc) is 2.27. The molecule has 1 nitrogen and oxygen atoms in total. The third-order valence-electron chi connectivity index (χ3n) is 2.28. The lowest BCUT2D eigenvalue weighted by molar-refractivity contribution is -0.359. The molecule has 1 aromatic carbocycles. The Balaban J connectivity index is 3.28. The molecule has 0 aliphatic rings. The number of alkyl halides is 7. The highest BCUT2D eigenvalue weighted by atomic mass is 19.4. The third kappa shape index (κ3) is 2.29. The molecule has 0 spiro atoms. The number of benzene rings is 1. The number of hydrogen-bond acceptors (Lipinski definition) is 1. The van der Waals surface area contributed by atoms with Gasteiger partial charge in [-0.25, -0.2) is 0 Å². The van der Waals surface area contributed by atoms with Gasteiger partial charge in [0.15, 0.2) is 0 Å². The molecule has 102 valence electrons. The summed E-state index contributed by atoms with van der Waals surface area (Å²) in [4.78, 5) is 0. The largest absolute Gasteiger partial charge is 0.460 e. The maximum atomic E-state index is 13.2. The Bertz CT molecular complexity index is 424. The fourth-order valence-corrected chi connectivity index (χ4v) is 1.25. The second-order valence-electron chi connectivity index (χ2n) is 3.55. The SMILES string of the molecule is NCc1cccc(C(F)(F)C(F)(F)C(F)(F)F)c1. The Kier molecular flexibility index (Phi) is 3.62. The van der Waals surface area contributed by atoms with E-state index in [4.69, 9.17) is 5.73 Å². The van der Waals surface area contributed by atoms with E-state index >= 15 is 0 Å². The highest BCUT2D eigenvalue weighted by Crippen LogP contribution is 2.51. The van der Waals surface area contributed by atoms with Crippen LogP contribution in [0.2, 0.25) is 0 Å². The van der Waals surface area contributed by atoms with Gasteiger partial charge >= 0.3 is 18.0 Å². The summed E-state index contributed by atoms with van der Waals surface area (Å²) in [5.74, 6) is -11.5. The Morgan fingerprint density at radius 2 is 1.50 bits per heavy atom. The predicted molar refractivity (Wildman–Crippen MR) is 49.2 cm³/mol. The van der Waals surface area contributed by atoms with E-state index in [1.165, 1.54) is 6.07 Å². The minimum absolute atomic E-state index is 0.0325. The monoisotopic (exact) mass is 275 g/mol. The number of halogens is 7. The molecule has 1 rings (SSSR count). The van der Waals surface area contributed by atoms with E-state index in [1.54, 1.807) is 0 Å². The zero-order chi connectivity index (χ0) is 14.2. The first-order valence-electron chi connectivity index (χ1n) is 4.66. The van der Waals surface area contributed by atoms with Crippen LogP contribution < -0.4 is 5.73 Å². The van der Waals surface area contributed by atoms with Crippen molar-refractivity contribution in [3.8, 4) is 0 Å². The quantitative estimate of drug-likeness (QED) is 0.840. The van der Waals surface area contributed by atoms with Gasteiger partial charge in [0, 0.05) is 12.1 Å². The standard InChI is InChI=1S/C10H8F7N/c11-8(12,9(13,14)10(15,16)17)7-3-1-2-6(4-7)5-18/h1-4H,5,18H2. The van der Waals surface area contributed by atoms with Crippen LogP contribution in [-0.2, 0) is 12.5 Å². The summed E-state index contributed by atoms with van der Waals surface area (Å²) < 4.78 is 87.7. The van der Waals surface area contributed by atoms with Crippen LogP contribution in [0.25, 0.3) is 0 Å². The maximum absolute atomic E-state index is 13.2. The summed E-state index contributed by atoms with van der Waals surface area (Å²) in [6.45, 7) is -0.249. The fourth-order valence-electron chi connectivity index (χ4n) is 1.25. The topological polar surface area (TPSA) is 26.0 Å². The molecule has 0 saturated heterocycles. The summed E-state index contributed by atoms with van der Waals surface area (Å²) in [6, 6.07) is 3.21. The third-order valence-corrected chi connectivity index (χ3v) is 2.28. The van der Waals surface area contributed by atoms with Gasteiger partial charge in [-0.1, -0.05) is 18.2 Å². The van der Waals surface area contributed by atoms with Crippen LogP contribution in [0.1, 0.15) is 11.1 Å². The highest BCUT2D eigenvalue weighted by Gasteiger charge is 2.73. The van der Waals surface area contributed by atoms with Gasteiger partial charge in [-0.05, 0) is 11.6 Å². The Hall–Kier alpha value is -1.31. The normalized spacial score (nSPS) is 13.8. The Morgan fingerprint density at radius 3 is 1.94 bits per heavy atom. The van der Waals surface area contributed by atoms with Gasteiger partial charge in [0.25, 0.3) is 0 Å². The van der Waals surface area contributed by atoms with E-state index in [-0.39, 0.29) is 12.1 Å². The first-order valence-corrected chi connectivity index (χ1v) is 4.66. The molecule has 0 unspecified atom stereocenters. The molecule has 8 heteroatoms. The van der Waals surface area contributed by atoms with Crippen LogP contribution in [0.5, 0.6) is 0 Å². The molecular weight excluding hydrogens is 267 g/mol. The van der Waals surface area contributed by atoms with Crippen molar-refractivity contribution in [3.05, 3.63) is 35.4 Å². The lowest BCUT2D eigenvalue weighted by atomic mass is 9.99. The summed E-state index contributed by atoms with van der Waals surface area (Å²) in [6.07, 6.45) is -6.34. The van der Waals surface area contributed by atoms with Crippen LogP contribution >= 0.6 is 0 Å². The van der Waals surface area contributed by atoms with Gasteiger partial charge in [0.2, 0.25) is 0 Å². The molecule has 0 aliphatic heterocycles. The number of rotatable bonds is 3. The molecule has 0 aromatic heterocycles. The lowest BCUT2D eigenvalue weighted by Crippen LogP contribution is -2.50. The van der Waals surface area contributed by atoms with Gasteiger partial charge in [0.1, 0.15) is 0 Å². The van der Waals surface area contributed by atoms with Gasteiger partial charge in [-0.15, -0.1) is 0 Å². The van der Waals surface area contributed by atoms with E-state index in [9.17, 15) is 30.7 Å². The molecular formula is C10H8F7N. The van der Waals surface area contributed by atoms with Gasteiger partial charge < -0.3 is 5.73 Å². The van der Waals surface area contributed by atoms with Crippen molar-refractivity contribution in [1.82, 2.24) is 0 Å². The minimum atomic E-state index is -6.34. The van der Waals surface area contributed by atoms with E-state index in [0.717, 1.165) is 6.07 Å². The Labute approximate surface area is 97.4 Å². The molecule has 0 atom stereocenters. The maximum Gasteiger partial charge on any atom is 0.460 e. The average molecular weight is 275 g/mol. The van der Waals surface area contributed by atoms with Crippen LogP contribution in [0.15, 0.2) is 24.3 Å². The van der Waals surface area contributed by atoms with Crippen molar-refractivity contribution in [2.24, 2.45) is 5.73 Å². The number of nitrogens with two attached hydrogens (primary N) is 1. The zero-order valence-corrected chi connectivity index (χ0v) is 8.74. The molecule has 0 amide bonds. The van der Waals surface area contributed by atoms with Gasteiger partial charge in [-0.2, -0.15) is 30.7 Å². The first kappa shape index (κ1) is 14.7. The molecule has 2 N–H and O–H groups in total. The Morgan fingerprint density at radius 1 is 0.944 bits per heavy atom. The van der Waals surface area contributed by atoms with Crippen molar-refractivity contribution in [3.63, 3.8) is 0 Å². The summed E-state index contributed by atoms with van der Waals surface area (Å²) in [5, 5.41) is 0. The second-order valence-corrected chi connectivity index (χ2v) is 3.55. The van der Waals surface area contributed by atoms with Crippen molar-refractivity contribution in [1.29, 1.82) is 0 Å². The molecule has 0 saturated carbocycles. The van der Waals surface area contributed by atoms with Crippen molar-refractivity contribution in [2.75, 3.05) is 0 Å². The second kappa shape index (κ2) is 4.42. The smallest absolute Gasteiger partial charge is 0.326 e. The molecule has 0 bridgehead atoms. The van der Waals surface area contributed by atoms with Crippen LogP contribution in [0, 0.1) is 0 Å². The van der Waals surface area contributed by atoms with Gasteiger partial charge in [-0.3, -0.25) is 0 Å². The highest BCUT2D eigenvalue weighted by molar-refractivity contribution is 5.29. The summed E-state index contributed by atoms with van der Waals surface area (Å²) in [7, 11) is 0. The predicted octanol–water partition coefficient (Wildman–Crippen LogP) is 3.43. The van der Waals surface area contributed by atoms with Gasteiger partial charge in [0.05, 0.1) is 0 Å². The number of hydrogen-bond donors (Lipinski definition) is 1. The molecule has 1 aromatic rings. The summed E-state index contributed by atoms with van der Waals surface area (Å²) >= 11 is 0. The van der Waals surface area contributed by atoms with E-state index in [0.29, 0.717) is 12.1 Å². The molecule has 0 heterocycles. The van der Waals surface area contributed by atoms with E-state index < -0.39 is 23.6 Å². The van der Waals surface area contributed by atoms with Crippen LogP contribution in [-0.4, -0.2) is 12.1 Å². The molecule has 0 aliphatic carbocycles. The molecule has 0 fully saturated rings. The first-order chi connectivity index (χ1) is 8.04. The lowest BCUT2D eigenvalue weighted by Gasteiger charge is -2.28.